The maximum absolute atomic E-state index is 12.2. The molecule has 0 bridgehead atoms. The Morgan fingerprint density at radius 1 is 1.28 bits per heavy atom. The average Bonchev–Trinajstić information content (AvgIpc) is 2.58. The van der Waals surface area contributed by atoms with Gasteiger partial charge in [-0.15, -0.1) is 11.8 Å². The first kappa shape index (κ1) is 19.8. The van der Waals surface area contributed by atoms with E-state index in [-0.39, 0.29) is 11.7 Å². The van der Waals surface area contributed by atoms with Gasteiger partial charge in [-0.25, -0.2) is 0 Å². The van der Waals surface area contributed by atoms with Crippen molar-refractivity contribution < 1.29 is 14.3 Å². The first-order valence-electron chi connectivity index (χ1n) is 9.15. The van der Waals surface area contributed by atoms with Gasteiger partial charge in [0.25, 0.3) is 0 Å². The molecule has 0 aromatic heterocycles. The minimum atomic E-state index is 0.0401. The van der Waals surface area contributed by atoms with Crippen LogP contribution in [0.5, 0.6) is 5.75 Å². The van der Waals surface area contributed by atoms with Crippen molar-refractivity contribution in [1.82, 2.24) is 5.32 Å². The van der Waals surface area contributed by atoms with Gasteiger partial charge in [-0.2, -0.15) is 0 Å². The van der Waals surface area contributed by atoms with E-state index in [1.807, 2.05) is 19.1 Å². The summed E-state index contributed by atoms with van der Waals surface area (Å²) in [6, 6.07) is 5.84. The number of amides is 1. The van der Waals surface area contributed by atoms with Crippen molar-refractivity contribution in [2.45, 2.75) is 58.2 Å². The Morgan fingerprint density at radius 2 is 2.04 bits per heavy atom. The van der Waals surface area contributed by atoms with E-state index in [9.17, 15) is 9.59 Å². The molecule has 2 rings (SSSR count). The number of carbonyl (C=O) groups is 2. The van der Waals surface area contributed by atoms with E-state index in [1.54, 1.807) is 24.8 Å². The average molecular weight is 364 g/mol. The Hall–Kier alpha value is -1.49. The highest BCUT2D eigenvalue weighted by molar-refractivity contribution is 7.99. The van der Waals surface area contributed by atoms with Crippen LogP contribution in [0, 0.1) is 5.92 Å². The van der Waals surface area contributed by atoms with Crippen LogP contribution in [0.15, 0.2) is 18.2 Å². The minimum Gasteiger partial charge on any atom is -0.494 e. The lowest BCUT2D eigenvalue weighted by molar-refractivity contribution is -0.119. The molecule has 1 N–H and O–H groups in total. The molecule has 1 saturated carbocycles. The quantitative estimate of drug-likeness (QED) is 0.703. The molecule has 1 aliphatic carbocycles. The van der Waals surface area contributed by atoms with Crippen molar-refractivity contribution in [2.75, 3.05) is 12.4 Å². The number of carbonyl (C=O) groups excluding carboxylic acids is 2. The number of ether oxygens (including phenoxy) is 1. The molecule has 138 valence electrons. The summed E-state index contributed by atoms with van der Waals surface area (Å²) in [4.78, 5) is 23.8. The summed E-state index contributed by atoms with van der Waals surface area (Å²) in [6.45, 7) is 6.30. The van der Waals surface area contributed by atoms with E-state index in [0.29, 0.717) is 35.6 Å². The van der Waals surface area contributed by atoms with Crippen LogP contribution in [0.2, 0.25) is 0 Å². The monoisotopic (exact) mass is 363 g/mol. The van der Waals surface area contributed by atoms with Crippen LogP contribution in [-0.2, 0) is 10.5 Å². The number of Topliss-reactive ketones (excluding diaryl/α,β-unsaturated/α-hetero) is 1. The lowest BCUT2D eigenvalue weighted by Crippen LogP contribution is -2.41. The van der Waals surface area contributed by atoms with Gasteiger partial charge >= 0.3 is 0 Å². The zero-order chi connectivity index (χ0) is 18.2. The Bertz CT molecular complexity index is 603. The lowest BCUT2D eigenvalue weighted by atomic mass is 9.86. The van der Waals surface area contributed by atoms with Gasteiger partial charge in [0.1, 0.15) is 5.75 Å². The molecule has 25 heavy (non-hydrogen) atoms. The third-order valence-corrected chi connectivity index (χ3v) is 5.70. The van der Waals surface area contributed by atoms with Crippen LogP contribution in [0.4, 0.5) is 0 Å². The molecule has 0 saturated heterocycles. The first-order chi connectivity index (χ1) is 12.0. The summed E-state index contributed by atoms with van der Waals surface area (Å²) in [5.41, 5.74) is 1.65. The van der Waals surface area contributed by atoms with Crippen LogP contribution >= 0.6 is 11.8 Å². The predicted octanol–water partition coefficient (Wildman–Crippen LogP) is 4.22. The third kappa shape index (κ3) is 6.07. The van der Waals surface area contributed by atoms with E-state index in [4.69, 9.17) is 4.74 Å². The number of rotatable bonds is 8. The highest BCUT2D eigenvalue weighted by Crippen LogP contribution is 2.26. The van der Waals surface area contributed by atoms with Gasteiger partial charge in [-0.1, -0.05) is 19.8 Å². The topological polar surface area (TPSA) is 55.4 Å². The van der Waals surface area contributed by atoms with Gasteiger partial charge in [0.2, 0.25) is 5.91 Å². The third-order valence-electron chi connectivity index (χ3n) is 4.72. The highest BCUT2D eigenvalue weighted by atomic mass is 32.2. The van der Waals surface area contributed by atoms with E-state index >= 15 is 0 Å². The molecule has 1 amide bonds. The Labute approximate surface area is 155 Å². The van der Waals surface area contributed by atoms with Crippen LogP contribution in [0.25, 0.3) is 0 Å². The number of thioether (sulfide) groups is 1. The second kappa shape index (κ2) is 9.85. The summed E-state index contributed by atoms with van der Waals surface area (Å²) in [6.07, 6.45) is 4.77. The summed E-state index contributed by atoms with van der Waals surface area (Å²) >= 11 is 1.56. The maximum Gasteiger partial charge on any atom is 0.230 e. The molecule has 0 heterocycles. The summed E-state index contributed by atoms with van der Waals surface area (Å²) in [5.74, 6) is 2.59. The fourth-order valence-electron chi connectivity index (χ4n) is 3.24. The van der Waals surface area contributed by atoms with E-state index in [0.717, 1.165) is 17.7 Å². The van der Waals surface area contributed by atoms with Crippen LogP contribution in [-0.4, -0.2) is 30.1 Å². The lowest BCUT2D eigenvalue weighted by Gasteiger charge is -2.29. The summed E-state index contributed by atoms with van der Waals surface area (Å²) < 4.78 is 5.64. The second-order valence-corrected chi connectivity index (χ2v) is 7.73. The van der Waals surface area contributed by atoms with Gasteiger partial charge in [0.15, 0.2) is 5.78 Å². The number of benzene rings is 1. The molecule has 1 aromatic rings. The van der Waals surface area contributed by atoms with E-state index in [1.165, 1.54) is 19.3 Å². The Balaban J connectivity index is 1.88. The van der Waals surface area contributed by atoms with Gasteiger partial charge < -0.3 is 10.1 Å². The zero-order valence-electron chi connectivity index (χ0n) is 15.5. The molecule has 1 aromatic carbocycles. The molecular formula is C20H29NO3S. The van der Waals surface area contributed by atoms with E-state index < -0.39 is 0 Å². The fraction of sp³-hybridized carbons (Fsp3) is 0.600. The molecule has 2 atom stereocenters. The highest BCUT2D eigenvalue weighted by Gasteiger charge is 2.22. The van der Waals surface area contributed by atoms with Crippen LogP contribution in [0.1, 0.15) is 62.4 Å². The molecular weight excluding hydrogens is 334 g/mol. The van der Waals surface area contributed by atoms with Gasteiger partial charge in [-0.05, 0) is 50.8 Å². The smallest absolute Gasteiger partial charge is 0.230 e. The second-order valence-electron chi connectivity index (χ2n) is 6.74. The van der Waals surface area contributed by atoms with Crippen LogP contribution < -0.4 is 10.1 Å². The minimum absolute atomic E-state index is 0.0401. The Morgan fingerprint density at radius 3 is 2.72 bits per heavy atom. The largest absolute Gasteiger partial charge is 0.494 e. The zero-order valence-corrected chi connectivity index (χ0v) is 16.3. The number of ketones is 1. The molecule has 0 radical (unpaired) electrons. The SMILES string of the molecule is CCOc1ccc(C(C)=O)cc1CSCC(=O)N[C@@H]1CCCC[C@@H]1C. The number of hydrogen-bond donors (Lipinski definition) is 1. The van der Waals surface area contributed by atoms with Crippen LogP contribution in [0.3, 0.4) is 0 Å². The molecule has 0 spiro atoms. The van der Waals surface area contributed by atoms with Crippen molar-refractivity contribution in [3.05, 3.63) is 29.3 Å². The molecule has 1 aliphatic rings. The maximum atomic E-state index is 12.2. The van der Waals surface area contributed by atoms with Gasteiger partial charge in [0, 0.05) is 22.9 Å². The van der Waals surface area contributed by atoms with Crippen molar-refractivity contribution in [2.24, 2.45) is 5.92 Å². The standard InChI is InChI=1S/C20H29NO3S/c1-4-24-19-10-9-16(15(3)22)11-17(19)12-25-13-20(23)21-18-8-6-5-7-14(18)2/h9-11,14,18H,4-8,12-13H2,1-3H3,(H,21,23)/t14-,18+/m0/s1. The molecule has 1 fully saturated rings. The van der Waals surface area contributed by atoms with E-state index in [2.05, 4.69) is 12.2 Å². The van der Waals surface area contributed by atoms with Gasteiger partial charge in [0.05, 0.1) is 12.4 Å². The summed E-state index contributed by atoms with van der Waals surface area (Å²) in [5, 5.41) is 3.18. The molecule has 5 heteroatoms. The number of nitrogens with one attached hydrogen (secondary N) is 1. The predicted molar refractivity (Wildman–Crippen MR) is 103 cm³/mol. The molecule has 0 unspecified atom stereocenters. The van der Waals surface area contributed by atoms with Crippen molar-refractivity contribution >= 4 is 23.5 Å². The van der Waals surface area contributed by atoms with Gasteiger partial charge in [-0.3, -0.25) is 9.59 Å². The molecule has 0 aliphatic heterocycles. The Kier molecular flexibility index (Phi) is 7.82. The number of hydrogen-bond acceptors (Lipinski definition) is 4. The fourth-order valence-corrected chi connectivity index (χ4v) is 4.06. The van der Waals surface area contributed by atoms with Crippen molar-refractivity contribution in [3.63, 3.8) is 0 Å². The normalized spacial score (nSPS) is 20.1. The van der Waals surface area contributed by atoms with Crippen molar-refractivity contribution in [3.8, 4) is 5.75 Å². The first-order valence-corrected chi connectivity index (χ1v) is 10.3. The summed E-state index contributed by atoms with van der Waals surface area (Å²) in [7, 11) is 0. The van der Waals surface area contributed by atoms with Crippen molar-refractivity contribution in [1.29, 1.82) is 0 Å². The molecule has 4 nitrogen and oxygen atoms in total.